The zero-order chi connectivity index (χ0) is 20.5. The molecule has 0 bridgehead atoms. The van der Waals surface area contributed by atoms with Gasteiger partial charge in [0.2, 0.25) is 0 Å². The van der Waals surface area contributed by atoms with Crippen LogP contribution >= 0.6 is 0 Å². The second-order valence-electron chi connectivity index (χ2n) is 6.16. The number of benzene rings is 2. The van der Waals surface area contributed by atoms with E-state index in [4.69, 9.17) is 5.11 Å². The molecule has 0 saturated carbocycles. The average Bonchev–Trinajstić information content (AvgIpc) is 2.86. The van der Waals surface area contributed by atoms with Gasteiger partial charge in [0.05, 0.1) is 12.1 Å². The van der Waals surface area contributed by atoms with Crippen LogP contribution in [0.5, 0.6) is 5.88 Å². The Kier molecular flexibility index (Phi) is 5.13. The Morgan fingerprint density at radius 1 is 1.11 bits per heavy atom. The summed E-state index contributed by atoms with van der Waals surface area (Å²) >= 11 is 0. The summed E-state index contributed by atoms with van der Waals surface area (Å²) in [5.41, 5.74) is -0.474. The third kappa shape index (κ3) is 3.85. The van der Waals surface area contributed by atoms with Crippen molar-refractivity contribution in [2.24, 2.45) is 0 Å². The predicted molar refractivity (Wildman–Crippen MR) is 94.6 cm³/mol. The number of aromatic nitrogens is 1. The van der Waals surface area contributed by atoms with E-state index in [1.165, 1.54) is 16.7 Å². The van der Waals surface area contributed by atoms with Crippen LogP contribution in [0.15, 0.2) is 60.2 Å². The van der Waals surface area contributed by atoms with E-state index < -0.39 is 30.0 Å². The first-order valence-corrected chi connectivity index (χ1v) is 8.22. The molecule has 1 aromatic heterocycles. The highest BCUT2D eigenvalue weighted by molar-refractivity contribution is 5.89. The number of alkyl halides is 3. The number of carboxylic acids is 1. The van der Waals surface area contributed by atoms with Gasteiger partial charge in [-0.1, -0.05) is 36.4 Å². The minimum atomic E-state index is -5.05. The second kappa shape index (κ2) is 7.38. The average molecular weight is 393 g/mol. The van der Waals surface area contributed by atoms with E-state index in [2.05, 4.69) is 0 Å². The van der Waals surface area contributed by atoms with Crippen molar-refractivity contribution in [2.75, 3.05) is 0 Å². The molecule has 3 rings (SSSR count). The lowest BCUT2D eigenvalue weighted by Gasteiger charge is -2.08. The van der Waals surface area contributed by atoms with Crippen molar-refractivity contribution in [3.05, 3.63) is 77.1 Å². The van der Waals surface area contributed by atoms with Gasteiger partial charge < -0.3 is 14.8 Å². The second-order valence-corrected chi connectivity index (χ2v) is 6.16. The van der Waals surface area contributed by atoms with E-state index in [1.807, 2.05) is 6.07 Å². The van der Waals surface area contributed by atoms with Gasteiger partial charge in [0.25, 0.3) is 0 Å². The maximum absolute atomic E-state index is 13.7. The molecule has 0 aliphatic rings. The molecule has 3 aromatic rings. The molecule has 0 aliphatic heterocycles. The Labute approximate surface area is 157 Å². The number of halogens is 4. The van der Waals surface area contributed by atoms with E-state index in [-0.39, 0.29) is 23.4 Å². The molecule has 0 atom stereocenters. The number of aliphatic carboxylic acids is 1. The normalized spacial score (nSPS) is 12.5. The van der Waals surface area contributed by atoms with Gasteiger partial charge in [-0.2, -0.15) is 13.2 Å². The summed E-state index contributed by atoms with van der Waals surface area (Å²) in [5.74, 6) is -3.08. The first-order chi connectivity index (χ1) is 13.2. The molecule has 28 heavy (non-hydrogen) atoms. The Balaban J connectivity index is 2.11. The van der Waals surface area contributed by atoms with E-state index in [9.17, 15) is 27.5 Å². The highest BCUT2D eigenvalue weighted by Gasteiger charge is 2.38. The summed E-state index contributed by atoms with van der Waals surface area (Å²) in [5, 5.41) is 19.6. The first kappa shape index (κ1) is 19.5. The molecule has 1 heterocycles. The number of hydrogen-bond donors (Lipinski definition) is 2. The van der Waals surface area contributed by atoms with Gasteiger partial charge in [0.1, 0.15) is 11.4 Å². The van der Waals surface area contributed by atoms with Crippen molar-refractivity contribution >= 4 is 16.9 Å². The van der Waals surface area contributed by atoms with E-state index in [0.717, 1.165) is 11.6 Å². The lowest BCUT2D eigenvalue weighted by molar-refractivity contribution is -0.144. The summed E-state index contributed by atoms with van der Waals surface area (Å²) in [6, 6.07) is 12.7. The van der Waals surface area contributed by atoms with Crippen LogP contribution in [0.3, 0.4) is 0 Å². The van der Waals surface area contributed by atoms with Gasteiger partial charge in [0, 0.05) is 10.9 Å². The van der Waals surface area contributed by atoms with Crippen LogP contribution in [-0.2, 0) is 17.8 Å². The summed E-state index contributed by atoms with van der Waals surface area (Å²) < 4.78 is 53.8. The third-order valence-electron chi connectivity index (χ3n) is 4.33. The maximum Gasteiger partial charge on any atom is 0.423 e. The van der Waals surface area contributed by atoms with E-state index >= 15 is 0 Å². The summed E-state index contributed by atoms with van der Waals surface area (Å²) in [6.45, 7) is 0.212. The molecule has 0 amide bonds. The van der Waals surface area contributed by atoms with Crippen LogP contribution < -0.4 is 0 Å². The Morgan fingerprint density at radius 2 is 1.79 bits per heavy atom. The zero-order valence-electron chi connectivity index (χ0n) is 14.4. The summed E-state index contributed by atoms with van der Waals surface area (Å²) in [4.78, 5) is 10.9. The highest BCUT2D eigenvalue weighted by Crippen LogP contribution is 2.34. The van der Waals surface area contributed by atoms with Gasteiger partial charge >= 0.3 is 12.1 Å². The molecule has 0 unspecified atom stereocenters. The van der Waals surface area contributed by atoms with Crippen molar-refractivity contribution in [3.8, 4) is 5.88 Å². The molecule has 0 saturated heterocycles. The van der Waals surface area contributed by atoms with E-state index in [1.54, 1.807) is 24.3 Å². The van der Waals surface area contributed by atoms with Crippen molar-refractivity contribution in [1.29, 1.82) is 0 Å². The number of aromatic hydroxyl groups is 1. The monoisotopic (exact) mass is 393 g/mol. The Morgan fingerprint density at radius 3 is 2.39 bits per heavy atom. The number of fused-ring (bicyclic) bond motifs is 1. The van der Waals surface area contributed by atoms with Crippen LogP contribution in [0.25, 0.3) is 10.9 Å². The Hall–Kier alpha value is -3.29. The predicted octanol–water partition coefficient (Wildman–Crippen LogP) is 4.65. The quantitative estimate of drug-likeness (QED) is 0.490. The number of allylic oxidation sites excluding steroid dienone is 1. The van der Waals surface area contributed by atoms with Crippen LogP contribution in [0.1, 0.15) is 11.1 Å². The molecule has 0 aliphatic carbocycles. The number of rotatable bonds is 5. The SMILES string of the molecule is O=C(O)/C(=C/Cc1c(O)n(Cc2ccccc2)c2ccc(F)cc12)C(F)(F)F. The fraction of sp³-hybridized carbons (Fsp3) is 0.150. The minimum absolute atomic E-state index is 0.0217. The van der Waals surface area contributed by atoms with Crippen molar-refractivity contribution in [1.82, 2.24) is 4.57 Å². The van der Waals surface area contributed by atoms with Crippen LogP contribution in [0.4, 0.5) is 17.6 Å². The van der Waals surface area contributed by atoms with Gasteiger partial charge in [0.15, 0.2) is 5.88 Å². The lowest BCUT2D eigenvalue weighted by Crippen LogP contribution is -2.19. The molecular weight excluding hydrogens is 378 g/mol. The number of carboxylic acid groups (broad SMARTS) is 1. The molecule has 8 heteroatoms. The molecule has 146 valence electrons. The number of nitrogens with zero attached hydrogens (tertiary/aromatic N) is 1. The fourth-order valence-corrected chi connectivity index (χ4v) is 3.04. The van der Waals surface area contributed by atoms with Gasteiger partial charge in [-0.3, -0.25) is 0 Å². The number of hydrogen-bond acceptors (Lipinski definition) is 2. The van der Waals surface area contributed by atoms with Gasteiger partial charge in [-0.25, -0.2) is 9.18 Å². The van der Waals surface area contributed by atoms with Gasteiger partial charge in [-0.05, 0) is 30.2 Å². The molecule has 2 N–H and O–H groups in total. The summed E-state index contributed by atoms with van der Waals surface area (Å²) in [6.07, 6.45) is -5.08. The molecule has 2 aromatic carbocycles. The Bertz CT molecular complexity index is 1050. The fourth-order valence-electron chi connectivity index (χ4n) is 3.04. The summed E-state index contributed by atoms with van der Waals surface area (Å²) in [7, 11) is 0. The zero-order valence-corrected chi connectivity index (χ0v) is 14.4. The molecule has 0 radical (unpaired) electrons. The topological polar surface area (TPSA) is 62.5 Å². The van der Waals surface area contributed by atoms with Crippen LogP contribution in [-0.4, -0.2) is 26.9 Å². The molecule has 4 nitrogen and oxygen atoms in total. The van der Waals surface area contributed by atoms with E-state index in [0.29, 0.717) is 11.6 Å². The van der Waals surface area contributed by atoms with Crippen molar-refractivity contribution in [2.45, 2.75) is 19.1 Å². The maximum atomic E-state index is 13.7. The lowest BCUT2D eigenvalue weighted by atomic mass is 10.1. The molecule has 0 fully saturated rings. The van der Waals surface area contributed by atoms with Crippen LogP contribution in [0, 0.1) is 5.82 Å². The van der Waals surface area contributed by atoms with Crippen molar-refractivity contribution < 1.29 is 32.6 Å². The number of carbonyl (C=O) groups is 1. The highest BCUT2D eigenvalue weighted by atomic mass is 19.4. The largest absolute Gasteiger partial charge is 0.494 e. The third-order valence-corrected chi connectivity index (χ3v) is 4.33. The van der Waals surface area contributed by atoms with Crippen molar-refractivity contribution in [3.63, 3.8) is 0 Å². The molecular formula is C20H15F4NO3. The standard InChI is InChI=1S/C20H15F4NO3/c21-13-6-9-17-15(10-13)14(7-8-16(19(27)28)20(22,23)24)18(26)25(17)11-12-4-2-1-3-5-12/h1-6,8-10,26H,7,11H2,(H,27,28)/b16-8-. The first-order valence-electron chi connectivity index (χ1n) is 8.22. The van der Waals surface area contributed by atoms with Gasteiger partial charge in [-0.15, -0.1) is 0 Å². The molecule has 0 spiro atoms. The van der Waals surface area contributed by atoms with Crippen LogP contribution in [0.2, 0.25) is 0 Å². The smallest absolute Gasteiger partial charge is 0.423 e. The minimum Gasteiger partial charge on any atom is -0.494 e.